The predicted octanol–water partition coefficient (Wildman–Crippen LogP) is 3.88. The van der Waals surface area contributed by atoms with E-state index in [0.29, 0.717) is 6.04 Å². The summed E-state index contributed by atoms with van der Waals surface area (Å²) >= 11 is 5.36. The number of hydrogen-bond donors (Lipinski definition) is 1. The van der Waals surface area contributed by atoms with Gasteiger partial charge in [0.25, 0.3) is 0 Å². The van der Waals surface area contributed by atoms with E-state index in [1.165, 1.54) is 34.6 Å². The molecule has 1 aromatic heterocycles. The van der Waals surface area contributed by atoms with Crippen LogP contribution in [-0.2, 0) is 0 Å². The second-order valence-corrected chi connectivity index (χ2v) is 8.01. The normalized spacial score (nSPS) is 20.5. The van der Waals surface area contributed by atoms with Gasteiger partial charge in [-0.05, 0) is 65.8 Å². The Kier molecular flexibility index (Phi) is 5.24. The van der Waals surface area contributed by atoms with E-state index in [2.05, 4.69) is 46.8 Å². The van der Waals surface area contributed by atoms with Crippen LogP contribution in [-0.4, -0.2) is 24.5 Å². The van der Waals surface area contributed by atoms with E-state index in [4.69, 9.17) is 5.73 Å². The van der Waals surface area contributed by atoms with Crippen LogP contribution in [0, 0.1) is 11.8 Å². The Labute approximate surface area is 123 Å². The monoisotopic (exact) mass is 330 g/mol. The van der Waals surface area contributed by atoms with Crippen LogP contribution in [0.15, 0.2) is 15.9 Å². The third-order valence-corrected chi connectivity index (χ3v) is 5.83. The number of halogens is 1. The van der Waals surface area contributed by atoms with Crippen molar-refractivity contribution in [3.8, 4) is 0 Å². The molecule has 2 heterocycles. The van der Waals surface area contributed by atoms with Crippen molar-refractivity contribution in [2.45, 2.75) is 32.7 Å². The second-order valence-electron chi connectivity index (χ2n) is 5.51. The molecule has 0 bridgehead atoms. The summed E-state index contributed by atoms with van der Waals surface area (Å²) in [5.74, 6) is 1.72. The van der Waals surface area contributed by atoms with Crippen molar-refractivity contribution in [1.29, 1.82) is 0 Å². The molecule has 102 valence electrons. The van der Waals surface area contributed by atoms with E-state index in [-0.39, 0.29) is 0 Å². The van der Waals surface area contributed by atoms with Crippen molar-refractivity contribution < 1.29 is 0 Å². The predicted molar refractivity (Wildman–Crippen MR) is 82.9 cm³/mol. The Hall–Kier alpha value is 0.1000. The molecule has 1 saturated heterocycles. The van der Waals surface area contributed by atoms with E-state index >= 15 is 0 Å². The lowest BCUT2D eigenvalue weighted by Gasteiger charge is -2.38. The van der Waals surface area contributed by atoms with Crippen molar-refractivity contribution in [2.75, 3.05) is 19.6 Å². The van der Waals surface area contributed by atoms with Crippen LogP contribution in [0.4, 0.5) is 0 Å². The Morgan fingerprint density at radius 3 is 2.50 bits per heavy atom. The maximum Gasteiger partial charge on any atom is 0.0702 e. The summed E-state index contributed by atoms with van der Waals surface area (Å²) in [4.78, 5) is 3.96. The molecule has 1 aliphatic rings. The van der Waals surface area contributed by atoms with Gasteiger partial charge in [0.2, 0.25) is 0 Å². The summed E-state index contributed by atoms with van der Waals surface area (Å²) in [5, 5.41) is 0. The van der Waals surface area contributed by atoms with E-state index < -0.39 is 0 Å². The highest BCUT2D eigenvalue weighted by molar-refractivity contribution is 9.11. The molecule has 0 amide bonds. The van der Waals surface area contributed by atoms with Gasteiger partial charge in [0.05, 0.1) is 9.83 Å². The fourth-order valence-electron chi connectivity index (χ4n) is 2.85. The van der Waals surface area contributed by atoms with Crippen LogP contribution in [0.3, 0.4) is 0 Å². The molecule has 18 heavy (non-hydrogen) atoms. The zero-order valence-corrected chi connectivity index (χ0v) is 13.6. The second kappa shape index (κ2) is 6.51. The van der Waals surface area contributed by atoms with Crippen molar-refractivity contribution >= 4 is 27.3 Å². The Bertz CT molecular complexity index is 370. The largest absolute Gasteiger partial charge is 0.329 e. The smallest absolute Gasteiger partial charge is 0.0702 e. The van der Waals surface area contributed by atoms with E-state index in [1.54, 1.807) is 0 Å². The third-order valence-electron chi connectivity index (χ3n) is 4.10. The number of likely N-dealkylation sites (tertiary alicyclic amines) is 1. The van der Waals surface area contributed by atoms with Gasteiger partial charge in [-0.3, -0.25) is 4.90 Å². The van der Waals surface area contributed by atoms with Crippen LogP contribution in [0.1, 0.15) is 37.6 Å². The molecule has 2 N–H and O–H groups in total. The van der Waals surface area contributed by atoms with Gasteiger partial charge in [0, 0.05) is 11.4 Å². The average molecular weight is 331 g/mol. The molecular formula is C14H23BrN2S. The number of rotatable bonds is 4. The first-order valence-electron chi connectivity index (χ1n) is 6.81. The maximum absolute atomic E-state index is 5.99. The summed E-state index contributed by atoms with van der Waals surface area (Å²) in [5.41, 5.74) is 5.99. The SMILES string of the molecule is CC(C)C1CCN(C(CN)c2ccc(Br)s2)CC1. The summed E-state index contributed by atoms with van der Waals surface area (Å²) in [6.07, 6.45) is 2.64. The molecule has 0 radical (unpaired) electrons. The summed E-state index contributed by atoms with van der Waals surface area (Å²) < 4.78 is 1.20. The number of nitrogens with zero attached hydrogens (tertiary/aromatic N) is 1. The first kappa shape index (κ1) is 14.5. The van der Waals surface area contributed by atoms with E-state index in [0.717, 1.165) is 18.4 Å². The minimum absolute atomic E-state index is 0.411. The number of thiophene rings is 1. The zero-order chi connectivity index (χ0) is 13.1. The lowest BCUT2D eigenvalue weighted by Crippen LogP contribution is -2.40. The van der Waals surface area contributed by atoms with Crippen LogP contribution in [0.2, 0.25) is 0 Å². The Morgan fingerprint density at radius 1 is 1.39 bits per heavy atom. The van der Waals surface area contributed by atoms with Crippen LogP contribution in [0.5, 0.6) is 0 Å². The Morgan fingerprint density at radius 2 is 2.06 bits per heavy atom. The molecule has 2 nitrogen and oxygen atoms in total. The third kappa shape index (κ3) is 3.35. The van der Waals surface area contributed by atoms with Crippen molar-refractivity contribution in [2.24, 2.45) is 17.6 Å². The molecule has 1 fully saturated rings. The van der Waals surface area contributed by atoms with Gasteiger partial charge in [-0.1, -0.05) is 13.8 Å². The van der Waals surface area contributed by atoms with E-state index in [1.807, 2.05) is 11.3 Å². The number of piperidine rings is 1. The van der Waals surface area contributed by atoms with E-state index in [9.17, 15) is 0 Å². The maximum atomic E-state index is 5.99. The molecule has 1 atom stereocenters. The highest BCUT2D eigenvalue weighted by Crippen LogP contribution is 2.33. The summed E-state index contributed by atoms with van der Waals surface area (Å²) in [7, 11) is 0. The van der Waals surface area contributed by atoms with Gasteiger partial charge in [0.1, 0.15) is 0 Å². The van der Waals surface area contributed by atoms with Gasteiger partial charge < -0.3 is 5.73 Å². The van der Waals surface area contributed by atoms with Crippen molar-refractivity contribution in [1.82, 2.24) is 4.90 Å². The lowest BCUT2D eigenvalue weighted by atomic mass is 9.86. The fourth-order valence-corrected chi connectivity index (χ4v) is 4.42. The fraction of sp³-hybridized carbons (Fsp3) is 0.714. The Balaban J connectivity index is 1.98. The topological polar surface area (TPSA) is 29.3 Å². The molecule has 1 unspecified atom stereocenters. The van der Waals surface area contributed by atoms with Gasteiger partial charge in [-0.25, -0.2) is 0 Å². The highest BCUT2D eigenvalue weighted by Gasteiger charge is 2.27. The molecule has 0 spiro atoms. The summed E-state index contributed by atoms with van der Waals surface area (Å²) in [6.45, 7) is 7.80. The quantitative estimate of drug-likeness (QED) is 0.907. The number of nitrogens with two attached hydrogens (primary N) is 1. The van der Waals surface area contributed by atoms with Crippen molar-refractivity contribution in [3.63, 3.8) is 0 Å². The molecule has 0 aliphatic carbocycles. The molecular weight excluding hydrogens is 308 g/mol. The standard InChI is InChI=1S/C14H23BrN2S/c1-10(2)11-5-7-17(8-6-11)12(9-16)13-3-4-14(15)18-13/h3-4,10-12H,5-9,16H2,1-2H3. The first-order valence-corrected chi connectivity index (χ1v) is 8.42. The lowest BCUT2D eigenvalue weighted by molar-refractivity contribution is 0.119. The average Bonchev–Trinajstić information content (AvgIpc) is 2.77. The van der Waals surface area contributed by atoms with Crippen LogP contribution >= 0.6 is 27.3 Å². The number of hydrogen-bond acceptors (Lipinski definition) is 3. The minimum Gasteiger partial charge on any atom is -0.329 e. The zero-order valence-electron chi connectivity index (χ0n) is 11.2. The molecule has 1 aliphatic heterocycles. The van der Waals surface area contributed by atoms with Gasteiger partial charge in [-0.15, -0.1) is 11.3 Å². The first-order chi connectivity index (χ1) is 8.61. The highest BCUT2D eigenvalue weighted by atomic mass is 79.9. The molecule has 1 aromatic rings. The minimum atomic E-state index is 0.411. The molecule has 4 heteroatoms. The van der Waals surface area contributed by atoms with Crippen LogP contribution in [0.25, 0.3) is 0 Å². The molecule has 0 saturated carbocycles. The molecule has 2 rings (SSSR count). The van der Waals surface area contributed by atoms with Gasteiger partial charge in [0.15, 0.2) is 0 Å². The summed E-state index contributed by atoms with van der Waals surface area (Å²) in [6, 6.07) is 4.75. The van der Waals surface area contributed by atoms with Gasteiger partial charge in [-0.2, -0.15) is 0 Å². The molecule has 0 aromatic carbocycles. The van der Waals surface area contributed by atoms with Crippen molar-refractivity contribution in [3.05, 3.63) is 20.8 Å². The van der Waals surface area contributed by atoms with Crippen LogP contribution < -0.4 is 5.73 Å². The van der Waals surface area contributed by atoms with Gasteiger partial charge >= 0.3 is 0 Å².